The van der Waals surface area contributed by atoms with Gasteiger partial charge in [0.25, 0.3) is 11.6 Å². The number of nitro benzene ring substituents is 1. The Bertz CT molecular complexity index is 931. The summed E-state index contributed by atoms with van der Waals surface area (Å²) < 4.78 is 0. The van der Waals surface area contributed by atoms with E-state index in [4.69, 9.17) is 4.84 Å². The number of non-ortho nitro benzene ring substituents is 1. The van der Waals surface area contributed by atoms with E-state index < -0.39 is 22.9 Å². The molecule has 2 saturated heterocycles. The molecule has 0 aliphatic carbocycles. The van der Waals surface area contributed by atoms with Crippen LogP contribution in [-0.4, -0.2) is 28.9 Å². The maximum Gasteiger partial charge on any atom is 0.269 e. The van der Waals surface area contributed by atoms with Crippen molar-refractivity contribution in [1.29, 1.82) is 0 Å². The summed E-state index contributed by atoms with van der Waals surface area (Å²) in [5.74, 6) is -1.37. The molecule has 2 aromatic rings. The quantitative estimate of drug-likeness (QED) is 0.422. The van der Waals surface area contributed by atoms with E-state index in [-0.39, 0.29) is 17.6 Å². The first kappa shape index (κ1) is 19.1. The van der Waals surface area contributed by atoms with E-state index >= 15 is 0 Å². The summed E-state index contributed by atoms with van der Waals surface area (Å²) in [5.41, 5.74) is 1.04. The fourth-order valence-corrected chi connectivity index (χ4v) is 4.01. The molecule has 4 rings (SSSR count). The fourth-order valence-electron chi connectivity index (χ4n) is 4.01. The number of benzene rings is 2. The van der Waals surface area contributed by atoms with Gasteiger partial charge in [0.05, 0.1) is 28.3 Å². The van der Waals surface area contributed by atoms with E-state index in [1.165, 1.54) is 24.3 Å². The predicted octanol–water partition coefficient (Wildman–Crippen LogP) is 3.46. The minimum Gasteiger partial charge on any atom is -0.273 e. The first-order chi connectivity index (χ1) is 14.0. The number of hydroxylamine groups is 1. The number of para-hydroxylation sites is 1. The number of nitro groups is 1. The Balaban J connectivity index is 1.64. The summed E-state index contributed by atoms with van der Waals surface area (Å²) in [6.07, 6.45) is 1.70. The van der Waals surface area contributed by atoms with Crippen LogP contribution in [0.5, 0.6) is 0 Å². The van der Waals surface area contributed by atoms with Crippen molar-refractivity contribution in [2.24, 2.45) is 5.92 Å². The molecule has 150 valence electrons. The normalized spacial score (nSPS) is 23.6. The Labute approximate surface area is 167 Å². The summed E-state index contributed by atoms with van der Waals surface area (Å²) in [7, 11) is 0. The predicted molar refractivity (Wildman–Crippen MR) is 106 cm³/mol. The molecule has 2 aliphatic rings. The largest absolute Gasteiger partial charge is 0.273 e. The van der Waals surface area contributed by atoms with Crippen molar-refractivity contribution in [3.8, 4) is 0 Å². The molecule has 2 amide bonds. The number of unbranched alkanes of at least 4 members (excludes halogenated alkanes) is 1. The molecule has 2 heterocycles. The molecular formula is C21H21N3O5. The van der Waals surface area contributed by atoms with Crippen molar-refractivity contribution in [2.45, 2.75) is 38.3 Å². The van der Waals surface area contributed by atoms with E-state index in [1.807, 2.05) is 30.3 Å². The van der Waals surface area contributed by atoms with Crippen LogP contribution in [0, 0.1) is 16.0 Å². The van der Waals surface area contributed by atoms with E-state index in [0.29, 0.717) is 5.69 Å². The molecule has 0 unspecified atom stereocenters. The average molecular weight is 395 g/mol. The fraction of sp³-hybridized carbons (Fsp3) is 0.333. The Kier molecular flexibility index (Phi) is 5.02. The number of carbonyl (C=O) groups excluding carboxylic acids is 2. The lowest BCUT2D eigenvalue weighted by Gasteiger charge is -2.28. The highest BCUT2D eigenvalue weighted by Gasteiger charge is 2.59. The number of rotatable bonds is 6. The minimum atomic E-state index is -0.889. The third-order valence-corrected chi connectivity index (χ3v) is 5.42. The van der Waals surface area contributed by atoms with Crippen LogP contribution in [0.15, 0.2) is 54.6 Å². The summed E-state index contributed by atoms with van der Waals surface area (Å²) >= 11 is 0. The standard InChI is InChI=1S/C21H21N3O5/c1-2-3-9-17-18-19(29-23(17)15-7-5-4-6-8-15)21(26)22(20(18)25)14-10-12-16(13-11-14)24(27)28/h4-8,10-13,17-19H,2-3,9H2,1H3/t17-,18+,19+/m0/s1. The summed E-state index contributed by atoms with van der Waals surface area (Å²) in [5, 5.41) is 12.6. The van der Waals surface area contributed by atoms with E-state index in [2.05, 4.69) is 6.92 Å². The lowest BCUT2D eigenvalue weighted by Crippen LogP contribution is -2.40. The number of carbonyl (C=O) groups is 2. The molecule has 29 heavy (non-hydrogen) atoms. The van der Waals surface area contributed by atoms with Crippen molar-refractivity contribution in [3.05, 3.63) is 64.7 Å². The Morgan fingerprint density at radius 3 is 2.31 bits per heavy atom. The summed E-state index contributed by atoms with van der Waals surface area (Å²) in [6, 6.07) is 14.6. The van der Waals surface area contributed by atoms with Crippen molar-refractivity contribution in [2.75, 3.05) is 9.96 Å². The van der Waals surface area contributed by atoms with E-state index in [9.17, 15) is 19.7 Å². The second-order valence-electron chi connectivity index (χ2n) is 7.21. The third-order valence-electron chi connectivity index (χ3n) is 5.42. The van der Waals surface area contributed by atoms with E-state index in [0.717, 1.165) is 29.8 Å². The summed E-state index contributed by atoms with van der Waals surface area (Å²) in [6.45, 7) is 2.07. The van der Waals surface area contributed by atoms with E-state index in [1.54, 1.807) is 5.06 Å². The van der Waals surface area contributed by atoms with Gasteiger partial charge < -0.3 is 0 Å². The van der Waals surface area contributed by atoms with Gasteiger partial charge >= 0.3 is 0 Å². The molecular weight excluding hydrogens is 374 g/mol. The highest BCUT2D eigenvalue weighted by atomic mass is 16.7. The van der Waals surface area contributed by atoms with Crippen LogP contribution in [0.4, 0.5) is 17.1 Å². The molecule has 3 atom stereocenters. The molecule has 0 spiro atoms. The third kappa shape index (κ3) is 3.25. The lowest BCUT2D eigenvalue weighted by atomic mass is 9.92. The molecule has 0 radical (unpaired) electrons. The van der Waals surface area contributed by atoms with Gasteiger partial charge in [-0.2, -0.15) is 0 Å². The second-order valence-corrected chi connectivity index (χ2v) is 7.21. The number of imide groups is 1. The number of hydrogen-bond acceptors (Lipinski definition) is 6. The lowest BCUT2D eigenvalue weighted by molar-refractivity contribution is -0.384. The zero-order chi connectivity index (χ0) is 20.5. The topological polar surface area (TPSA) is 93.0 Å². The van der Waals surface area contributed by atoms with Crippen LogP contribution >= 0.6 is 0 Å². The SMILES string of the molecule is CCCC[C@H]1[C@H]2C(=O)N(c3ccc([N+](=O)[O-])cc3)C(=O)[C@@H]2ON1c1ccccc1. The van der Waals surface area contributed by atoms with Gasteiger partial charge in [-0.05, 0) is 30.7 Å². The van der Waals surface area contributed by atoms with Crippen LogP contribution in [-0.2, 0) is 14.4 Å². The molecule has 0 bridgehead atoms. The van der Waals surface area contributed by atoms with Gasteiger partial charge in [-0.1, -0.05) is 38.0 Å². The highest BCUT2D eigenvalue weighted by Crippen LogP contribution is 2.42. The van der Waals surface area contributed by atoms with Gasteiger partial charge in [0, 0.05) is 12.1 Å². The minimum absolute atomic E-state index is 0.0969. The Morgan fingerprint density at radius 1 is 1.00 bits per heavy atom. The molecule has 0 saturated carbocycles. The van der Waals surface area contributed by atoms with Gasteiger partial charge in [0.2, 0.25) is 5.91 Å². The maximum absolute atomic E-state index is 13.2. The second kappa shape index (κ2) is 7.63. The molecule has 2 fully saturated rings. The molecule has 8 nitrogen and oxygen atoms in total. The van der Waals surface area contributed by atoms with Crippen LogP contribution in [0.2, 0.25) is 0 Å². The Morgan fingerprint density at radius 2 is 1.69 bits per heavy atom. The van der Waals surface area contributed by atoms with Crippen molar-refractivity contribution >= 4 is 28.9 Å². The zero-order valence-corrected chi connectivity index (χ0v) is 15.9. The van der Waals surface area contributed by atoms with Gasteiger partial charge in [-0.15, -0.1) is 0 Å². The zero-order valence-electron chi connectivity index (χ0n) is 15.9. The molecule has 2 aromatic carbocycles. The number of hydrogen-bond donors (Lipinski definition) is 0. The van der Waals surface area contributed by atoms with Gasteiger partial charge in [-0.25, -0.2) is 9.96 Å². The molecule has 2 aliphatic heterocycles. The molecule has 0 aromatic heterocycles. The van der Waals surface area contributed by atoms with Crippen LogP contribution < -0.4 is 9.96 Å². The van der Waals surface area contributed by atoms with Crippen LogP contribution in [0.1, 0.15) is 26.2 Å². The monoisotopic (exact) mass is 395 g/mol. The number of nitrogens with zero attached hydrogens (tertiary/aromatic N) is 3. The molecule has 8 heteroatoms. The first-order valence-corrected chi connectivity index (χ1v) is 9.66. The number of amides is 2. The summed E-state index contributed by atoms with van der Waals surface area (Å²) in [4.78, 5) is 43.7. The van der Waals surface area contributed by atoms with Crippen molar-refractivity contribution in [1.82, 2.24) is 0 Å². The number of fused-ring (bicyclic) bond motifs is 1. The van der Waals surface area contributed by atoms with Crippen molar-refractivity contribution in [3.63, 3.8) is 0 Å². The highest BCUT2D eigenvalue weighted by molar-refractivity contribution is 6.23. The smallest absolute Gasteiger partial charge is 0.269 e. The van der Waals surface area contributed by atoms with Gasteiger partial charge in [0.15, 0.2) is 6.10 Å². The van der Waals surface area contributed by atoms with Crippen LogP contribution in [0.3, 0.4) is 0 Å². The van der Waals surface area contributed by atoms with Crippen molar-refractivity contribution < 1.29 is 19.3 Å². The number of anilines is 2. The average Bonchev–Trinajstić information content (AvgIpc) is 3.23. The van der Waals surface area contributed by atoms with Gasteiger partial charge in [0.1, 0.15) is 0 Å². The Hall–Kier alpha value is -3.26. The van der Waals surface area contributed by atoms with Gasteiger partial charge in [-0.3, -0.25) is 24.5 Å². The molecule has 0 N–H and O–H groups in total. The first-order valence-electron chi connectivity index (χ1n) is 9.66. The van der Waals surface area contributed by atoms with Crippen LogP contribution in [0.25, 0.3) is 0 Å². The maximum atomic E-state index is 13.2.